The molecule has 3 rings (SSSR count). The number of aryl methyl sites for hydroxylation is 1. The third-order valence-electron chi connectivity index (χ3n) is 4.34. The quantitative estimate of drug-likeness (QED) is 0.658. The normalized spacial score (nSPS) is 12.2. The Hall–Kier alpha value is -2.57. The van der Waals surface area contributed by atoms with E-state index in [1.165, 1.54) is 29.4 Å². The van der Waals surface area contributed by atoms with Crippen molar-refractivity contribution in [3.05, 3.63) is 70.2 Å². The van der Waals surface area contributed by atoms with E-state index in [0.717, 1.165) is 27.7 Å². The summed E-state index contributed by atoms with van der Waals surface area (Å²) in [6, 6.07) is 16.5. The Morgan fingerprint density at radius 1 is 1.11 bits per heavy atom. The Morgan fingerprint density at radius 3 is 2.46 bits per heavy atom. The predicted molar refractivity (Wildman–Crippen MR) is 114 cm³/mol. The van der Waals surface area contributed by atoms with Gasteiger partial charge in [0, 0.05) is 19.0 Å². The Kier molecular flexibility index (Phi) is 6.54. The lowest BCUT2D eigenvalue weighted by Gasteiger charge is -2.16. The average Bonchev–Trinajstić information content (AvgIpc) is 3.12. The number of carbonyl (C=O) groups is 1. The van der Waals surface area contributed by atoms with Crippen LogP contribution in [0, 0.1) is 6.92 Å². The first-order valence-electron chi connectivity index (χ1n) is 9.31. The van der Waals surface area contributed by atoms with Crippen molar-refractivity contribution in [1.82, 2.24) is 20.4 Å². The molecule has 1 atom stereocenters. The van der Waals surface area contributed by atoms with E-state index in [0.29, 0.717) is 6.42 Å². The Labute approximate surface area is 170 Å². The fourth-order valence-electron chi connectivity index (χ4n) is 3.10. The topological polar surface area (TPSA) is 58.1 Å². The molecular formula is C22H26N4OS. The van der Waals surface area contributed by atoms with Crippen molar-refractivity contribution < 1.29 is 4.79 Å². The molecule has 1 heterocycles. The van der Waals surface area contributed by atoms with Crippen molar-refractivity contribution in [2.45, 2.75) is 32.9 Å². The van der Waals surface area contributed by atoms with Crippen molar-refractivity contribution in [3.8, 4) is 10.6 Å². The molecule has 1 unspecified atom stereocenters. The molecule has 3 aromatic rings. The van der Waals surface area contributed by atoms with E-state index in [9.17, 15) is 4.79 Å². The molecule has 6 heteroatoms. The van der Waals surface area contributed by atoms with E-state index >= 15 is 0 Å². The second kappa shape index (κ2) is 9.08. The van der Waals surface area contributed by atoms with Crippen LogP contribution in [0.2, 0.25) is 0 Å². The molecule has 1 aromatic heterocycles. The number of carbonyl (C=O) groups excluding carboxylic acids is 1. The maximum Gasteiger partial charge on any atom is 0.217 e. The summed E-state index contributed by atoms with van der Waals surface area (Å²) in [7, 11) is 4.12. The molecule has 5 nitrogen and oxygen atoms in total. The van der Waals surface area contributed by atoms with Gasteiger partial charge in [-0.3, -0.25) is 4.79 Å². The monoisotopic (exact) mass is 394 g/mol. The van der Waals surface area contributed by atoms with Crippen LogP contribution in [0.3, 0.4) is 0 Å². The zero-order valence-corrected chi connectivity index (χ0v) is 17.6. The van der Waals surface area contributed by atoms with Gasteiger partial charge in [-0.15, -0.1) is 10.2 Å². The van der Waals surface area contributed by atoms with Crippen LogP contribution < -0.4 is 5.32 Å². The summed E-state index contributed by atoms with van der Waals surface area (Å²) in [6.07, 6.45) is 0.685. The van der Waals surface area contributed by atoms with Gasteiger partial charge < -0.3 is 10.2 Å². The van der Waals surface area contributed by atoms with Crippen molar-refractivity contribution in [2.75, 3.05) is 14.1 Å². The summed E-state index contributed by atoms with van der Waals surface area (Å²) in [4.78, 5) is 13.9. The molecule has 28 heavy (non-hydrogen) atoms. The van der Waals surface area contributed by atoms with Crippen LogP contribution in [-0.2, 0) is 17.8 Å². The number of amides is 1. The SMILES string of the molecule is CC(=O)NC(Cc1ccc(CN(C)C)cc1)c1nnc(-c2cccc(C)c2)s1. The van der Waals surface area contributed by atoms with Crippen LogP contribution in [0.25, 0.3) is 10.6 Å². The second-order valence-electron chi connectivity index (χ2n) is 7.33. The molecule has 0 aliphatic heterocycles. The van der Waals surface area contributed by atoms with E-state index < -0.39 is 0 Å². The minimum absolute atomic E-state index is 0.0680. The highest BCUT2D eigenvalue weighted by atomic mass is 32.1. The molecule has 0 aliphatic rings. The number of rotatable bonds is 7. The minimum atomic E-state index is -0.187. The summed E-state index contributed by atoms with van der Waals surface area (Å²) in [5, 5.41) is 13.5. The Bertz CT molecular complexity index is 934. The van der Waals surface area contributed by atoms with Gasteiger partial charge in [-0.2, -0.15) is 0 Å². The fraction of sp³-hybridized carbons (Fsp3) is 0.318. The molecule has 146 valence electrons. The highest BCUT2D eigenvalue weighted by molar-refractivity contribution is 7.14. The summed E-state index contributed by atoms with van der Waals surface area (Å²) >= 11 is 1.53. The van der Waals surface area contributed by atoms with Gasteiger partial charge in [0.25, 0.3) is 0 Å². The van der Waals surface area contributed by atoms with Crippen molar-refractivity contribution >= 4 is 17.2 Å². The lowest BCUT2D eigenvalue weighted by atomic mass is 10.0. The maximum absolute atomic E-state index is 11.8. The highest BCUT2D eigenvalue weighted by Crippen LogP contribution is 2.29. The zero-order valence-electron chi connectivity index (χ0n) is 16.8. The van der Waals surface area contributed by atoms with Crippen molar-refractivity contribution in [3.63, 3.8) is 0 Å². The minimum Gasteiger partial charge on any atom is -0.347 e. The molecular weight excluding hydrogens is 368 g/mol. The smallest absolute Gasteiger partial charge is 0.217 e. The standard InChI is InChI=1S/C22H26N4OS/c1-15-6-5-7-19(12-15)21-24-25-22(28-21)20(23-16(2)27)13-17-8-10-18(11-9-17)14-26(3)4/h5-12,20H,13-14H2,1-4H3,(H,23,27). The Morgan fingerprint density at radius 2 is 1.82 bits per heavy atom. The predicted octanol–water partition coefficient (Wildman–Crippen LogP) is 4.00. The molecule has 0 saturated carbocycles. The van der Waals surface area contributed by atoms with Crippen LogP contribution in [0.1, 0.15) is 34.7 Å². The fourth-order valence-corrected chi connectivity index (χ4v) is 3.99. The molecule has 1 N–H and O–H groups in total. The van der Waals surface area contributed by atoms with Gasteiger partial charge in [-0.05, 0) is 44.6 Å². The van der Waals surface area contributed by atoms with Gasteiger partial charge in [0.05, 0.1) is 6.04 Å². The van der Waals surface area contributed by atoms with Crippen LogP contribution in [-0.4, -0.2) is 35.1 Å². The summed E-state index contributed by atoms with van der Waals surface area (Å²) in [5.74, 6) is -0.0680. The third kappa shape index (κ3) is 5.47. The van der Waals surface area contributed by atoms with Gasteiger partial charge in [0.1, 0.15) is 10.0 Å². The lowest BCUT2D eigenvalue weighted by Crippen LogP contribution is -2.27. The first-order chi connectivity index (χ1) is 13.4. The van der Waals surface area contributed by atoms with E-state index in [1.54, 1.807) is 0 Å². The maximum atomic E-state index is 11.8. The zero-order chi connectivity index (χ0) is 20.1. The molecule has 0 fully saturated rings. The summed E-state index contributed by atoms with van der Waals surface area (Å²) in [5.41, 5.74) is 4.67. The third-order valence-corrected chi connectivity index (χ3v) is 5.43. The number of benzene rings is 2. The van der Waals surface area contributed by atoms with Gasteiger partial charge in [0.15, 0.2) is 0 Å². The Balaban J connectivity index is 1.80. The molecule has 0 spiro atoms. The van der Waals surface area contributed by atoms with Gasteiger partial charge in [0.2, 0.25) is 5.91 Å². The van der Waals surface area contributed by atoms with E-state index in [4.69, 9.17) is 0 Å². The van der Waals surface area contributed by atoms with E-state index in [1.807, 2.05) is 12.1 Å². The number of nitrogens with one attached hydrogen (secondary N) is 1. The molecule has 0 bridgehead atoms. The highest BCUT2D eigenvalue weighted by Gasteiger charge is 2.19. The van der Waals surface area contributed by atoms with Crippen molar-refractivity contribution in [2.24, 2.45) is 0 Å². The molecule has 0 radical (unpaired) electrons. The second-order valence-corrected chi connectivity index (χ2v) is 8.34. The molecule has 2 aromatic carbocycles. The van der Waals surface area contributed by atoms with Crippen molar-refractivity contribution in [1.29, 1.82) is 0 Å². The van der Waals surface area contributed by atoms with Gasteiger partial charge in [-0.25, -0.2) is 0 Å². The number of nitrogens with zero attached hydrogens (tertiary/aromatic N) is 3. The molecule has 0 aliphatic carbocycles. The van der Waals surface area contributed by atoms with Gasteiger partial charge in [-0.1, -0.05) is 59.4 Å². The van der Waals surface area contributed by atoms with E-state index in [2.05, 4.69) is 77.8 Å². The van der Waals surface area contributed by atoms with Crippen LogP contribution in [0.15, 0.2) is 48.5 Å². The average molecular weight is 395 g/mol. The first-order valence-corrected chi connectivity index (χ1v) is 10.1. The summed E-state index contributed by atoms with van der Waals surface area (Å²) < 4.78 is 0. The summed E-state index contributed by atoms with van der Waals surface area (Å²) in [6.45, 7) is 4.51. The first kappa shape index (κ1) is 20.2. The number of aromatic nitrogens is 2. The lowest BCUT2D eigenvalue weighted by molar-refractivity contribution is -0.119. The molecule has 0 saturated heterocycles. The van der Waals surface area contributed by atoms with Crippen LogP contribution in [0.4, 0.5) is 0 Å². The number of hydrogen-bond donors (Lipinski definition) is 1. The molecule has 1 amide bonds. The van der Waals surface area contributed by atoms with Gasteiger partial charge >= 0.3 is 0 Å². The van der Waals surface area contributed by atoms with Crippen LogP contribution in [0.5, 0.6) is 0 Å². The van der Waals surface area contributed by atoms with Crippen LogP contribution >= 0.6 is 11.3 Å². The largest absolute Gasteiger partial charge is 0.347 e. The number of hydrogen-bond acceptors (Lipinski definition) is 5. The van der Waals surface area contributed by atoms with E-state index in [-0.39, 0.29) is 11.9 Å².